The van der Waals surface area contributed by atoms with Gasteiger partial charge in [-0.25, -0.2) is 0 Å². The predicted octanol–water partition coefficient (Wildman–Crippen LogP) is -0.0247. The number of carbonyl (C=O) groups is 1. The Labute approximate surface area is 178 Å². The number of hydrogen-bond donors (Lipinski definition) is 6. The largest absolute Gasteiger partial charge is 0.394 e. The molecule has 0 saturated carbocycles. The monoisotopic (exact) mass is 433 g/mol. The fourth-order valence-corrected chi connectivity index (χ4v) is 3.11. The summed E-state index contributed by atoms with van der Waals surface area (Å²) < 4.78 is 10.8. The summed E-state index contributed by atoms with van der Waals surface area (Å²) in [5.41, 5.74) is 0. The van der Waals surface area contributed by atoms with Crippen molar-refractivity contribution in [2.45, 2.75) is 102 Å². The highest BCUT2D eigenvalue weighted by Crippen LogP contribution is 2.22. The van der Waals surface area contributed by atoms with Gasteiger partial charge in [0.2, 0.25) is 5.91 Å². The summed E-state index contributed by atoms with van der Waals surface area (Å²) >= 11 is 0. The number of allylic oxidation sites excluding steroid dienone is 1. The zero-order valence-electron chi connectivity index (χ0n) is 18.0. The average Bonchev–Trinajstić information content (AvgIpc) is 2.74. The second-order valence-corrected chi connectivity index (χ2v) is 7.72. The van der Waals surface area contributed by atoms with Crippen LogP contribution in [-0.4, -0.2) is 87.5 Å². The molecule has 0 radical (unpaired) electrons. The van der Waals surface area contributed by atoms with Crippen molar-refractivity contribution in [3.05, 3.63) is 12.2 Å². The number of nitrogens with one attached hydrogen (secondary N) is 1. The molecule has 0 spiro atoms. The Kier molecular flexibility index (Phi) is 13.3. The fraction of sp³-hybridized carbons (Fsp3) is 0.857. The Hall–Kier alpha value is -1.07. The van der Waals surface area contributed by atoms with Crippen LogP contribution in [0.5, 0.6) is 0 Å². The Morgan fingerprint density at radius 1 is 1.10 bits per heavy atom. The van der Waals surface area contributed by atoms with E-state index in [9.17, 15) is 30.3 Å². The maximum Gasteiger partial charge on any atom is 0.220 e. The first-order valence-corrected chi connectivity index (χ1v) is 10.9. The van der Waals surface area contributed by atoms with E-state index < -0.39 is 49.5 Å². The van der Waals surface area contributed by atoms with E-state index in [1.807, 2.05) is 19.1 Å². The first-order chi connectivity index (χ1) is 14.3. The average molecular weight is 434 g/mol. The Bertz CT molecular complexity index is 501. The van der Waals surface area contributed by atoms with Gasteiger partial charge in [-0.15, -0.1) is 0 Å². The molecule has 1 saturated heterocycles. The van der Waals surface area contributed by atoms with Crippen molar-refractivity contribution in [1.82, 2.24) is 5.32 Å². The minimum Gasteiger partial charge on any atom is -0.394 e. The molecule has 0 unspecified atom stereocenters. The van der Waals surface area contributed by atoms with E-state index in [4.69, 9.17) is 9.47 Å². The Balaban J connectivity index is 2.71. The maximum atomic E-state index is 12.2. The summed E-state index contributed by atoms with van der Waals surface area (Å²) in [6.45, 7) is 3.33. The molecule has 9 heteroatoms. The smallest absolute Gasteiger partial charge is 0.220 e. The van der Waals surface area contributed by atoms with E-state index in [1.165, 1.54) is 0 Å². The summed E-state index contributed by atoms with van der Waals surface area (Å²) in [4.78, 5) is 12.2. The molecule has 9 nitrogen and oxygen atoms in total. The van der Waals surface area contributed by atoms with Crippen LogP contribution in [0.25, 0.3) is 0 Å². The van der Waals surface area contributed by atoms with Crippen molar-refractivity contribution in [1.29, 1.82) is 0 Å². The summed E-state index contributed by atoms with van der Waals surface area (Å²) in [7, 11) is 0. The molecule has 176 valence electrons. The summed E-state index contributed by atoms with van der Waals surface area (Å²) in [6, 6.07) is -0.752. The fourth-order valence-electron chi connectivity index (χ4n) is 3.11. The van der Waals surface area contributed by atoms with Gasteiger partial charge in [-0.05, 0) is 19.3 Å². The number of amides is 1. The lowest BCUT2D eigenvalue weighted by molar-refractivity contribution is -0.302. The van der Waals surface area contributed by atoms with E-state index >= 15 is 0 Å². The quantitative estimate of drug-likeness (QED) is 0.165. The van der Waals surface area contributed by atoms with Crippen LogP contribution in [-0.2, 0) is 14.3 Å². The maximum absolute atomic E-state index is 12.2. The summed E-state index contributed by atoms with van der Waals surface area (Å²) in [6.07, 6.45) is 1.24. The topological polar surface area (TPSA) is 149 Å². The number of rotatable bonds is 14. The first-order valence-electron chi connectivity index (χ1n) is 10.9. The van der Waals surface area contributed by atoms with Crippen molar-refractivity contribution in [3.63, 3.8) is 0 Å². The lowest BCUT2D eigenvalue weighted by Gasteiger charge is -2.40. The molecule has 0 aromatic heterocycles. The van der Waals surface area contributed by atoms with Crippen LogP contribution in [0, 0.1) is 0 Å². The molecule has 1 amide bonds. The Morgan fingerprint density at radius 2 is 1.80 bits per heavy atom. The van der Waals surface area contributed by atoms with Gasteiger partial charge in [0, 0.05) is 6.42 Å². The molecule has 0 aromatic rings. The molecular weight excluding hydrogens is 394 g/mol. The zero-order valence-corrected chi connectivity index (χ0v) is 18.0. The van der Waals surface area contributed by atoms with Gasteiger partial charge in [0.25, 0.3) is 0 Å². The van der Waals surface area contributed by atoms with Crippen LogP contribution in [0.1, 0.15) is 58.8 Å². The van der Waals surface area contributed by atoms with E-state index in [-0.39, 0.29) is 12.5 Å². The molecule has 6 N–H and O–H groups in total. The summed E-state index contributed by atoms with van der Waals surface area (Å²) in [5, 5.41) is 52.4. The lowest BCUT2D eigenvalue weighted by Crippen LogP contribution is -2.60. The number of carbonyl (C=O) groups excluding carboxylic acids is 1. The molecule has 7 atom stereocenters. The normalized spacial score (nSPS) is 29.1. The van der Waals surface area contributed by atoms with Gasteiger partial charge < -0.3 is 40.3 Å². The summed E-state index contributed by atoms with van der Waals surface area (Å²) in [5.74, 6) is -0.215. The second-order valence-electron chi connectivity index (χ2n) is 7.72. The molecule has 0 aliphatic carbocycles. The predicted molar refractivity (Wildman–Crippen MR) is 110 cm³/mol. The SMILES string of the molecule is CCCC/C=C/C[C@@H](O)[C@H](CO[C@@H]1O[C@H](CO)[C@@H](O)[C@H](O)[C@H]1O)NC(=O)CCCC. The van der Waals surface area contributed by atoms with Crippen LogP contribution < -0.4 is 5.32 Å². The van der Waals surface area contributed by atoms with E-state index in [0.717, 1.165) is 32.1 Å². The van der Waals surface area contributed by atoms with Crippen LogP contribution >= 0.6 is 0 Å². The highest BCUT2D eigenvalue weighted by atomic mass is 16.7. The van der Waals surface area contributed by atoms with E-state index in [2.05, 4.69) is 12.2 Å². The van der Waals surface area contributed by atoms with Crippen molar-refractivity contribution in [2.24, 2.45) is 0 Å². The molecule has 1 aliphatic rings. The minimum atomic E-state index is -1.55. The van der Waals surface area contributed by atoms with Gasteiger partial charge in [0.05, 0.1) is 25.4 Å². The molecular formula is C21H39NO8. The third-order valence-electron chi connectivity index (χ3n) is 5.13. The van der Waals surface area contributed by atoms with Crippen LogP contribution in [0.3, 0.4) is 0 Å². The minimum absolute atomic E-state index is 0.176. The van der Waals surface area contributed by atoms with Crippen molar-refractivity contribution in [3.8, 4) is 0 Å². The van der Waals surface area contributed by atoms with Gasteiger partial charge >= 0.3 is 0 Å². The molecule has 30 heavy (non-hydrogen) atoms. The number of hydrogen-bond acceptors (Lipinski definition) is 8. The van der Waals surface area contributed by atoms with Crippen molar-refractivity contribution in [2.75, 3.05) is 13.2 Å². The molecule has 1 heterocycles. The molecule has 1 fully saturated rings. The highest BCUT2D eigenvalue weighted by Gasteiger charge is 2.44. The molecule has 0 aromatic carbocycles. The van der Waals surface area contributed by atoms with Crippen LogP contribution in [0.4, 0.5) is 0 Å². The van der Waals surface area contributed by atoms with Gasteiger partial charge in [-0.3, -0.25) is 4.79 Å². The second kappa shape index (κ2) is 14.9. The van der Waals surface area contributed by atoms with Gasteiger partial charge in [-0.2, -0.15) is 0 Å². The molecule has 1 aliphatic heterocycles. The number of aliphatic hydroxyl groups excluding tert-OH is 5. The van der Waals surface area contributed by atoms with Crippen molar-refractivity contribution < 1.29 is 39.8 Å². The zero-order chi connectivity index (χ0) is 22.5. The third-order valence-corrected chi connectivity index (χ3v) is 5.13. The van der Waals surface area contributed by atoms with E-state index in [0.29, 0.717) is 12.8 Å². The Morgan fingerprint density at radius 3 is 2.43 bits per heavy atom. The van der Waals surface area contributed by atoms with E-state index in [1.54, 1.807) is 0 Å². The highest BCUT2D eigenvalue weighted by molar-refractivity contribution is 5.76. The molecule has 1 rings (SSSR count). The lowest BCUT2D eigenvalue weighted by atomic mass is 9.99. The third kappa shape index (κ3) is 8.97. The molecule has 0 bridgehead atoms. The number of aliphatic hydroxyl groups is 5. The number of ether oxygens (including phenoxy) is 2. The van der Waals surface area contributed by atoms with Crippen LogP contribution in [0.15, 0.2) is 12.2 Å². The first kappa shape index (κ1) is 27.0. The number of unbranched alkanes of at least 4 members (excludes halogenated alkanes) is 3. The van der Waals surface area contributed by atoms with Crippen molar-refractivity contribution >= 4 is 5.91 Å². The van der Waals surface area contributed by atoms with Gasteiger partial charge in [0.1, 0.15) is 24.4 Å². The van der Waals surface area contributed by atoms with Crippen LogP contribution in [0.2, 0.25) is 0 Å². The van der Waals surface area contributed by atoms with Gasteiger partial charge in [0.15, 0.2) is 6.29 Å². The van der Waals surface area contributed by atoms with Gasteiger partial charge in [-0.1, -0.05) is 45.3 Å². The standard InChI is InChI=1S/C21H39NO8/c1-3-5-7-8-9-10-15(24)14(22-17(25)11-6-4-2)13-29-21-20(28)19(27)18(26)16(12-23)30-21/h8-9,14-16,18-21,23-24,26-28H,3-7,10-13H2,1-2H3,(H,22,25)/b9-8+/t14-,15+,16+,18+,19-,20+,21+/m0/s1.